The Morgan fingerprint density at radius 1 is 1.33 bits per heavy atom. The first-order chi connectivity index (χ1) is 8.52. The highest BCUT2D eigenvalue weighted by atomic mass is 16.4. The maximum atomic E-state index is 11.8. The molecule has 0 aliphatic carbocycles. The molecule has 1 amide bonds. The van der Waals surface area contributed by atoms with Gasteiger partial charge in [-0.25, -0.2) is 0 Å². The number of rotatable bonds is 5. The summed E-state index contributed by atoms with van der Waals surface area (Å²) in [5, 5.41) is 15.0. The Balaban J connectivity index is 1.72. The summed E-state index contributed by atoms with van der Waals surface area (Å²) in [6.07, 6.45) is 5.16. The van der Waals surface area contributed by atoms with E-state index in [2.05, 4.69) is 10.6 Å². The number of aliphatic carboxylic acids is 1. The van der Waals surface area contributed by atoms with E-state index in [0.29, 0.717) is 24.4 Å². The number of carboxylic acids is 1. The van der Waals surface area contributed by atoms with E-state index >= 15 is 0 Å². The van der Waals surface area contributed by atoms with Crippen LogP contribution in [-0.4, -0.2) is 35.1 Å². The predicted octanol–water partition coefficient (Wildman–Crippen LogP) is 0.886. The van der Waals surface area contributed by atoms with E-state index in [-0.39, 0.29) is 18.4 Å². The Bertz CT molecular complexity index is 320. The molecule has 2 bridgehead atoms. The van der Waals surface area contributed by atoms with Gasteiger partial charge >= 0.3 is 5.97 Å². The minimum Gasteiger partial charge on any atom is -0.481 e. The Hall–Kier alpha value is -1.10. The van der Waals surface area contributed by atoms with Gasteiger partial charge in [0.05, 0.1) is 6.42 Å². The second-order valence-electron chi connectivity index (χ2n) is 5.75. The first-order valence-electron chi connectivity index (χ1n) is 6.80. The number of fused-ring (bicyclic) bond motifs is 2. The average Bonchev–Trinajstić information content (AvgIpc) is 2.56. The van der Waals surface area contributed by atoms with Crippen LogP contribution < -0.4 is 10.6 Å². The van der Waals surface area contributed by atoms with Crippen molar-refractivity contribution in [1.29, 1.82) is 0 Å². The predicted molar refractivity (Wildman–Crippen MR) is 67.1 cm³/mol. The monoisotopic (exact) mass is 254 g/mol. The number of carboxylic acid groups (broad SMARTS) is 1. The Labute approximate surface area is 107 Å². The molecule has 18 heavy (non-hydrogen) atoms. The van der Waals surface area contributed by atoms with Gasteiger partial charge < -0.3 is 15.7 Å². The maximum absolute atomic E-state index is 11.8. The van der Waals surface area contributed by atoms with E-state index < -0.39 is 5.97 Å². The molecular formula is C13H22N2O3. The van der Waals surface area contributed by atoms with Crippen molar-refractivity contribution in [2.75, 3.05) is 0 Å². The van der Waals surface area contributed by atoms with Gasteiger partial charge in [-0.3, -0.25) is 9.59 Å². The third kappa shape index (κ3) is 3.70. The zero-order valence-electron chi connectivity index (χ0n) is 10.8. The second-order valence-corrected chi connectivity index (χ2v) is 5.75. The lowest BCUT2D eigenvalue weighted by Crippen LogP contribution is -2.41. The molecule has 2 fully saturated rings. The van der Waals surface area contributed by atoms with Crippen molar-refractivity contribution in [2.24, 2.45) is 5.92 Å². The van der Waals surface area contributed by atoms with Crippen molar-refractivity contribution in [2.45, 2.75) is 63.6 Å². The van der Waals surface area contributed by atoms with Gasteiger partial charge in [0, 0.05) is 24.5 Å². The van der Waals surface area contributed by atoms with E-state index in [9.17, 15) is 9.59 Å². The molecule has 3 unspecified atom stereocenters. The van der Waals surface area contributed by atoms with Gasteiger partial charge in [0.2, 0.25) is 5.91 Å². The van der Waals surface area contributed by atoms with Crippen LogP contribution in [0.1, 0.15) is 45.4 Å². The zero-order chi connectivity index (χ0) is 13.1. The summed E-state index contributed by atoms with van der Waals surface area (Å²) in [4.78, 5) is 22.3. The summed E-state index contributed by atoms with van der Waals surface area (Å²) in [5.41, 5.74) is 0. The molecular weight excluding hydrogens is 232 g/mol. The smallest absolute Gasteiger partial charge is 0.305 e. The number of amides is 1. The van der Waals surface area contributed by atoms with Crippen molar-refractivity contribution in [3.63, 3.8) is 0 Å². The average molecular weight is 254 g/mol. The molecule has 2 rings (SSSR count). The summed E-state index contributed by atoms with van der Waals surface area (Å²) >= 11 is 0. The zero-order valence-corrected chi connectivity index (χ0v) is 10.8. The van der Waals surface area contributed by atoms with Crippen molar-refractivity contribution in [3.8, 4) is 0 Å². The Morgan fingerprint density at radius 3 is 2.50 bits per heavy atom. The van der Waals surface area contributed by atoms with Crippen molar-refractivity contribution in [1.82, 2.24) is 10.6 Å². The molecule has 2 aliphatic rings. The fourth-order valence-electron chi connectivity index (χ4n) is 3.25. The van der Waals surface area contributed by atoms with E-state index in [0.717, 1.165) is 12.8 Å². The third-order valence-corrected chi connectivity index (χ3v) is 3.93. The molecule has 5 nitrogen and oxygen atoms in total. The fourth-order valence-corrected chi connectivity index (χ4v) is 3.25. The van der Waals surface area contributed by atoms with Crippen LogP contribution in [0, 0.1) is 5.92 Å². The minimum atomic E-state index is -0.872. The minimum absolute atomic E-state index is 0.00458. The summed E-state index contributed by atoms with van der Waals surface area (Å²) < 4.78 is 0. The van der Waals surface area contributed by atoms with Gasteiger partial charge in [0.1, 0.15) is 0 Å². The van der Waals surface area contributed by atoms with Crippen LogP contribution in [-0.2, 0) is 9.59 Å². The van der Waals surface area contributed by atoms with Gasteiger partial charge in [0.15, 0.2) is 0 Å². The molecule has 0 spiro atoms. The van der Waals surface area contributed by atoms with Crippen molar-refractivity contribution < 1.29 is 14.7 Å². The van der Waals surface area contributed by atoms with Crippen molar-refractivity contribution in [3.05, 3.63) is 0 Å². The number of carbonyl (C=O) groups excluding carboxylic acids is 1. The van der Waals surface area contributed by atoms with E-state index in [1.165, 1.54) is 12.8 Å². The van der Waals surface area contributed by atoms with Gasteiger partial charge in [-0.1, -0.05) is 0 Å². The molecule has 5 heteroatoms. The standard InChI is InChI=1S/C13H22N2O3/c1-8(4-13(17)18)14-12(16)7-9-5-10-2-3-11(6-9)15-10/h8-11,15H,2-7H2,1H3,(H,14,16)(H,17,18). The molecule has 3 atom stereocenters. The number of piperidine rings is 1. The Morgan fingerprint density at radius 2 is 1.94 bits per heavy atom. The van der Waals surface area contributed by atoms with Gasteiger partial charge in [-0.2, -0.15) is 0 Å². The molecule has 3 N–H and O–H groups in total. The normalized spacial score (nSPS) is 31.9. The lowest BCUT2D eigenvalue weighted by molar-refractivity contribution is -0.137. The van der Waals surface area contributed by atoms with E-state index in [1.54, 1.807) is 6.92 Å². The van der Waals surface area contributed by atoms with Crippen LogP contribution in [0.5, 0.6) is 0 Å². The largest absolute Gasteiger partial charge is 0.481 e. The topological polar surface area (TPSA) is 78.4 Å². The summed E-state index contributed by atoms with van der Waals surface area (Å²) in [7, 11) is 0. The summed E-state index contributed by atoms with van der Waals surface area (Å²) in [5.74, 6) is -0.418. The Kier molecular flexibility index (Phi) is 4.22. The molecule has 2 saturated heterocycles. The lowest BCUT2D eigenvalue weighted by atomic mass is 9.89. The molecule has 102 valence electrons. The van der Waals surface area contributed by atoms with Crippen LogP contribution in [0.3, 0.4) is 0 Å². The highest BCUT2D eigenvalue weighted by molar-refractivity contribution is 5.77. The molecule has 2 heterocycles. The molecule has 0 saturated carbocycles. The molecule has 2 aliphatic heterocycles. The number of hydrogen-bond acceptors (Lipinski definition) is 3. The lowest BCUT2D eigenvalue weighted by Gasteiger charge is -2.28. The first kappa shape index (κ1) is 13.3. The maximum Gasteiger partial charge on any atom is 0.305 e. The van der Waals surface area contributed by atoms with Gasteiger partial charge in [0.25, 0.3) is 0 Å². The highest BCUT2D eigenvalue weighted by Crippen LogP contribution is 2.32. The fraction of sp³-hybridized carbons (Fsp3) is 0.846. The van der Waals surface area contributed by atoms with E-state index in [4.69, 9.17) is 5.11 Å². The first-order valence-corrected chi connectivity index (χ1v) is 6.80. The van der Waals surface area contributed by atoms with Crippen LogP contribution in [0.25, 0.3) is 0 Å². The molecule has 0 radical (unpaired) electrons. The number of hydrogen-bond donors (Lipinski definition) is 3. The molecule has 0 aromatic heterocycles. The van der Waals surface area contributed by atoms with Crippen LogP contribution >= 0.6 is 0 Å². The van der Waals surface area contributed by atoms with Crippen LogP contribution in [0.4, 0.5) is 0 Å². The highest BCUT2D eigenvalue weighted by Gasteiger charge is 2.34. The van der Waals surface area contributed by atoms with Crippen LogP contribution in [0.15, 0.2) is 0 Å². The molecule has 0 aromatic rings. The molecule has 0 aromatic carbocycles. The SMILES string of the molecule is CC(CC(=O)O)NC(=O)CC1CC2CCC(C1)N2. The van der Waals surface area contributed by atoms with Gasteiger partial charge in [-0.15, -0.1) is 0 Å². The quantitative estimate of drug-likeness (QED) is 0.680. The number of nitrogens with one attached hydrogen (secondary N) is 2. The van der Waals surface area contributed by atoms with Gasteiger partial charge in [-0.05, 0) is 38.5 Å². The third-order valence-electron chi connectivity index (χ3n) is 3.93. The second kappa shape index (κ2) is 5.69. The van der Waals surface area contributed by atoms with Crippen LogP contribution in [0.2, 0.25) is 0 Å². The summed E-state index contributed by atoms with van der Waals surface area (Å²) in [6, 6.07) is 0.907. The summed E-state index contributed by atoms with van der Waals surface area (Å²) in [6.45, 7) is 1.73. The number of carbonyl (C=O) groups is 2. The van der Waals surface area contributed by atoms with Crippen molar-refractivity contribution >= 4 is 11.9 Å². The van der Waals surface area contributed by atoms with E-state index in [1.807, 2.05) is 0 Å².